The van der Waals surface area contributed by atoms with E-state index in [0.717, 1.165) is 66.9 Å². The molecule has 5 rings (SSSR count). The second-order valence-corrected chi connectivity index (χ2v) is 9.05. The third-order valence-corrected chi connectivity index (χ3v) is 6.65. The molecule has 0 spiro atoms. The molecule has 0 amide bonds. The maximum atomic E-state index is 9.93. The van der Waals surface area contributed by atoms with E-state index in [9.17, 15) is 5.11 Å². The zero-order valence-electron chi connectivity index (χ0n) is 20.4. The van der Waals surface area contributed by atoms with Gasteiger partial charge in [-0.2, -0.15) is 4.98 Å². The summed E-state index contributed by atoms with van der Waals surface area (Å²) >= 11 is 0. The second kappa shape index (κ2) is 10.4. The zero-order valence-corrected chi connectivity index (χ0v) is 20.4. The number of nitrogens with zero attached hydrogens (tertiary/aromatic N) is 4. The Labute approximate surface area is 206 Å². The molecule has 0 unspecified atom stereocenters. The number of aromatic nitrogens is 2. The van der Waals surface area contributed by atoms with Gasteiger partial charge in [-0.15, -0.1) is 0 Å². The molecule has 3 aromatic rings. The van der Waals surface area contributed by atoms with Gasteiger partial charge in [0.2, 0.25) is 11.8 Å². The molecule has 2 aliphatic rings. The third-order valence-electron chi connectivity index (χ3n) is 6.65. The standard InChI is InChI=1S/C27H32N4O4/c1-33-20-7-9-21(10-8-20)35-26-22-18-30(17-19-6-11-24(32)25(16-19)34-2)15-12-23(22)28-27(29-26)31-13-4-3-5-14-31/h6-11,16,32H,3-5,12-15,17-18H2,1-2H3. The van der Waals surface area contributed by atoms with E-state index in [-0.39, 0.29) is 5.75 Å². The maximum Gasteiger partial charge on any atom is 0.228 e. The molecular formula is C27H32N4O4. The van der Waals surface area contributed by atoms with Gasteiger partial charge < -0.3 is 24.2 Å². The van der Waals surface area contributed by atoms with Crippen LogP contribution in [-0.4, -0.2) is 53.8 Å². The molecule has 3 heterocycles. The van der Waals surface area contributed by atoms with Crippen molar-refractivity contribution in [2.45, 2.75) is 38.8 Å². The van der Waals surface area contributed by atoms with Crippen LogP contribution in [0.3, 0.4) is 0 Å². The molecular weight excluding hydrogens is 444 g/mol. The molecule has 8 nitrogen and oxygen atoms in total. The fraction of sp³-hybridized carbons (Fsp3) is 0.407. The van der Waals surface area contributed by atoms with E-state index in [1.807, 2.05) is 36.4 Å². The summed E-state index contributed by atoms with van der Waals surface area (Å²) in [7, 11) is 3.22. The summed E-state index contributed by atoms with van der Waals surface area (Å²) in [6, 6.07) is 13.1. The zero-order chi connectivity index (χ0) is 24.2. The monoisotopic (exact) mass is 476 g/mol. The molecule has 8 heteroatoms. The van der Waals surface area contributed by atoms with Crippen molar-refractivity contribution in [1.82, 2.24) is 14.9 Å². The van der Waals surface area contributed by atoms with Crippen LogP contribution in [0.25, 0.3) is 0 Å². The van der Waals surface area contributed by atoms with E-state index in [4.69, 9.17) is 24.2 Å². The Hall–Kier alpha value is -3.52. The normalized spacial score (nSPS) is 16.0. The largest absolute Gasteiger partial charge is 0.504 e. The van der Waals surface area contributed by atoms with Gasteiger partial charge >= 0.3 is 0 Å². The lowest BCUT2D eigenvalue weighted by atomic mass is 10.1. The highest BCUT2D eigenvalue weighted by Gasteiger charge is 2.26. The minimum absolute atomic E-state index is 0.147. The maximum absolute atomic E-state index is 9.93. The van der Waals surface area contributed by atoms with Gasteiger partial charge in [-0.3, -0.25) is 4.90 Å². The number of hydrogen-bond donors (Lipinski definition) is 1. The lowest BCUT2D eigenvalue weighted by molar-refractivity contribution is 0.237. The van der Waals surface area contributed by atoms with Crippen molar-refractivity contribution >= 4 is 5.95 Å². The van der Waals surface area contributed by atoms with Crippen LogP contribution in [0.1, 0.15) is 36.1 Å². The van der Waals surface area contributed by atoms with E-state index in [1.54, 1.807) is 20.3 Å². The molecule has 184 valence electrons. The fourth-order valence-corrected chi connectivity index (χ4v) is 4.72. The number of aromatic hydroxyl groups is 1. The van der Waals surface area contributed by atoms with E-state index >= 15 is 0 Å². The molecule has 35 heavy (non-hydrogen) atoms. The van der Waals surface area contributed by atoms with Crippen molar-refractivity contribution in [2.75, 3.05) is 38.8 Å². The summed E-state index contributed by atoms with van der Waals surface area (Å²) in [5, 5.41) is 9.93. The number of rotatable bonds is 7. The van der Waals surface area contributed by atoms with Crippen molar-refractivity contribution in [1.29, 1.82) is 0 Å². The van der Waals surface area contributed by atoms with Gasteiger partial charge in [-0.05, 0) is 61.2 Å². The Bertz CT molecular complexity index is 1160. The van der Waals surface area contributed by atoms with Crippen molar-refractivity contribution in [3.63, 3.8) is 0 Å². The molecule has 0 aliphatic carbocycles. The number of hydrogen-bond acceptors (Lipinski definition) is 8. The van der Waals surface area contributed by atoms with E-state index in [0.29, 0.717) is 18.2 Å². The predicted octanol–water partition coefficient (Wildman–Crippen LogP) is 4.54. The Morgan fingerprint density at radius 2 is 1.66 bits per heavy atom. The van der Waals surface area contributed by atoms with Crippen molar-refractivity contribution in [2.24, 2.45) is 0 Å². The summed E-state index contributed by atoms with van der Waals surface area (Å²) in [5.74, 6) is 3.52. The minimum atomic E-state index is 0.147. The smallest absolute Gasteiger partial charge is 0.228 e. The highest BCUT2D eigenvalue weighted by atomic mass is 16.5. The predicted molar refractivity (Wildman–Crippen MR) is 134 cm³/mol. The molecule has 2 aromatic carbocycles. The molecule has 1 aromatic heterocycles. The van der Waals surface area contributed by atoms with Crippen LogP contribution in [0.4, 0.5) is 5.95 Å². The lowest BCUT2D eigenvalue weighted by Gasteiger charge is -2.32. The van der Waals surface area contributed by atoms with E-state index in [2.05, 4.69) is 9.80 Å². The van der Waals surface area contributed by atoms with E-state index < -0.39 is 0 Å². The van der Waals surface area contributed by atoms with Crippen LogP contribution in [0.15, 0.2) is 42.5 Å². The first-order chi connectivity index (χ1) is 17.1. The van der Waals surface area contributed by atoms with Crippen molar-refractivity contribution < 1.29 is 19.3 Å². The minimum Gasteiger partial charge on any atom is -0.504 e. The Morgan fingerprint density at radius 1 is 0.886 bits per heavy atom. The lowest BCUT2D eigenvalue weighted by Crippen LogP contribution is -2.34. The molecule has 0 atom stereocenters. The van der Waals surface area contributed by atoms with Crippen LogP contribution in [0.5, 0.6) is 28.9 Å². The van der Waals surface area contributed by atoms with Crippen LogP contribution in [0.2, 0.25) is 0 Å². The molecule has 1 saturated heterocycles. The van der Waals surface area contributed by atoms with Gasteiger partial charge in [0.15, 0.2) is 11.5 Å². The number of anilines is 1. The summed E-state index contributed by atoms with van der Waals surface area (Å²) in [6.07, 6.45) is 4.42. The quantitative estimate of drug-likeness (QED) is 0.532. The van der Waals surface area contributed by atoms with E-state index in [1.165, 1.54) is 19.3 Å². The number of benzene rings is 2. The molecule has 1 fully saturated rings. The highest BCUT2D eigenvalue weighted by molar-refractivity contribution is 5.45. The Balaban J connectivity index is 1.43. The topological polar surface area (TPSA) is 80.2 Å². The number of ether oxygens (including phenoxy) is 3. The molecule has 2 aliphatic heterocycles. The number of fused-ring (bicyclic) bond motifs is 1. The molecule has 1 N–H and O–H groups in total. The number of phenolic OH excluding ortho intramolecular Hbond substituents is 1. The summed E-state index contributed by atoms with van der Waals surface area (Å²) in [6.45, 7) is 4.26. The van der Waals surface area contributed by atoms with Gasteiger partial charge in [0.1, 0.15) is 11.5 Å². The van der Waals surface area contributed by atoms with Gasteiger partial charge in [0.25, 0.3) is 0 Å². The number of methoxy groups -OCH3 is 2. The average Bonchev–Trinajstić information content (AvgIpc) is 2.91. The van der Waals surface area contributed by atoms with Gasteiger partial charge in [-0.1, -0.05) is 6.07 Å². The van der Waals surface area contributed by atoms with Crippen molar-refractivity contribution in [3.8, 4) is 28.9 Å². The first kappa shape index (κ1) is 23.2. The van der Waals surface area contributed by atoms with Crippen LogP contribution >= 0.6 is 0 Å². The molecule has 0 bridgehead atoms. The van der Waals surface area contributed by atoms with Gasteiger partial charge in [-0.25, -0.2) is 4.98 Å². The summed E-state index contributed by atoms with van der Waals surface area (Å²) < 4.78 is 16.9. The summed E-state index contributed by atoms with van der Waals surface area (Å²) in [4.78, 5) is 14.5. The van der Waals surface area contributed by atoms with Crippen LogP contribution in [-0.2, 0) is 19.5 Å². The summed E-state index contributed by atoms with van der Waals surface area (Å²) in [5.41, 5.74) is 3.16. The fourth-order valence-electron chi connectivity index (χ4n) is 4.72. The van der Waals surface area contributed by atoms with Crippen LogP contribution < -0.4 is 19.1 Å². The molecule has 0 saturated carbocycles. The molecule has 0 radical (unpaired) electrons. The first-order valence-corrected chi connectivity index (χ1v) is 12.2. The van der Waals surface area contributed by atoms with Crippen molar-refractivity contribution in [3.05, 3.63) is 59.3 Å². The SMILES string of the molecule is COc1ccc(Oc2nc(N3CCCCC3)nc3c2CN(Cc2ccc(O)c(OC)c2)CC3)cc1. The first-order valence-electron chi connectivity index (χ1n) is 12.2. The number of piperidine rings is 1. The highest BCUT2D eigenvalue weighted by Crippen LogP contribution is 2.34. The third kappa shape index (κ3) is 5.27. The van der Waals surface area contributed by atoms with Crippen LogP contribution in [0, 0.1) is 0 Å². The Kier molecular flexibility index (Phi) is 6.90. The average molecular weight is 477 g/mol. The second-order valence-electron chi connectivity index (χ2n) is 9.05. The Morgan fingerprint density at radius 3 is 2.40 bits per heavy atom. The van der Waals surface area contributed by atoms with Gasteiger partial charge in [0, 0.05) is 39.1 Å². The van der Waals surface area contributed by atoms with Gasteiger partial charge in [0.05, 0.1) is 25.5 Å². The number of phenols is 1.